The second-order valence-electron chi connectivity index (χ2n) is 2.23. The van der Waals surface area contributed by atoms with E-state index >= 15 is 0 Å². The lowest BCUT2D eigenvalue weighted by atomic mass is 10.2. The zero-order valence-electron chi connectivity index (χ0n) is 4.72. The molecule has 0 nitrogen and oxygen atoms in total. The molecule has 2 aliphatic rings. The molecule has 0 saturated heterocycles. The van der Waals surface area contributed by atoms with Gasteiger partial charge in [-0.15, -0.1) is 0 Å². The van der Waals surface area contributed by atoms with Crippen molar-refractivity contribution in [2.24, 2.45) is 0 Å². The third-order valence-electron chi connectivity index (χ3n) is 1.71. The van der Waals surface area contributed by atoms with Crippen LogP contribution in [0.15, 0.2) is 35.5 Å². The molecule has 40 valence electrons. The van der Waals surface area contributed by atoms with Crippen LogP contribution in [0.3, 0.4) is 0 Å². The number of hydrogen-bond donors (Lipinski definition) is 0. The van der Waals surface area contributed by atoms with Crippen molar-refractivity contribution in [3.05, 3.63) is 35.5 Å². The van der Waals surface area contributed by atoms with E-state index in [0.29, 0.717) is 0 Å². The lowest BCUT2D eigenvalue weighted by Crippen LogP contribution is -1.68. The Balaban J connectivity index is 2.48. The largest absolute Gasteiger partial charge is 0.0795 e. The maximum Gasteiger partial charge on any atom is -0.00913 e. The number of rotatable bonds is 0. The molecule has 0 saturated carbocycles. The summed E-state index contributed by atoms with van der Waals surface area (Å²) in [6, 6.07) is 0. The molecule has 0 heteroatoms. The summed E-state index contributed by atoms with van der Waals surface area (Å²) in [6.07, 6.45) is 11.3. The Labute approximate surface area is 49.2 Å². The minimum absolute atomic E-state index is 1.16. The molecule has 0 aromatic heterocycles. The summed E-state index contributed by atoms with van der Waals surface area (Å²) >= 11 is 0. The van der Waals surface area contributed by atoms with Crippen LogP contribution in [0.1, 0.15) is 12.8 Å². The van der Waals surface area contributed by atoms with Crippen molar-refractivity contribution >= 4 is 0 Å². The van der Waals surface area contributed by atoms with Gasteiger partial charge in [-0.2, -0.15) is 0 Å². The van der Waals surface area contributed by atoms with Crippen molar-refractivity contribution in [2.45, 2.75) is 12.8 Å². The SMILES string of the molecule is C1=CC2=CCC=C2C1. The fraction of sp³-hybridized carbons (Fsp3) is 0.250. The van der Waals surface area contributed by atoms with Crippen LogP contribution in [0.2, 0.25) is 0 Å². The molecule has 0 amide bonds. The molecule has 0 N–H and O–H groups in total. The summed E-state index contributed by atoms with van der Waals surface area (Å²) in [5.74, 6) is 0. The van der Waals surface area contributed by atoms with Crippen LogP contribution < -0.4 is 0 Å². The fourth-order valence-corrected chi connectivity index (χ4v) is 1.27. The second kappa shape index (κ2) is 1.35. The van der Waals surface area contributed by atoms with E-state index in [0.717, 1.165) is 6.42 Å². The third kappa shape index (κ3) is 0.401. The first kappa shape index (κ1) is 4.13. The molecule has 2 aliphatic carbocycles. The quantitative estimate of drug-likeness (QED) is 0.442. The van der Waals surface area contributed by atoms with Gasteiger partial charge in [-0.1, -0.05) is 24.3 Å². The van der Waals surface area contributed by atoms with Crippen molar-refractivity contribution in [1.29, 1.82) is 0 Å². The number of fused-ring (bicyclic) bond motifs is 1. The summed E-state index contributed by atoms with van der Waals surface area (Å²) in [5, 5.41) is 0. The monoisotopic (exact) mass is 104 g/mol. The van der Waals surface area contributed by atoms with E-state index in [1.165, 1.54) is 17.6 Å². The molecule has 0 unspecified atom stereocenters. The Morgan fingerprint density at radius 3 is 3.12 bits per heavy atom. The maximum atomic E-state index is 2.30. The molecule has 2 rings (SSSR count). The fourth-order valence-electron chi connectivity index (χ4n) is 1.27. The van der Waals surface area contributed by atoms with Crippen LogP contribution in [0.4, 0.5) is 0 Å². The number of hydrogen-bond acceptors (Lipinski definition) is 0. The van der Waals surface area contributed by atoms with Gasteiger partial charge in [0.25, 0.3) is 0 Å². The summed E-state index contributed by atoms with van der Waals surface area (Å²) in [4.78, 5) is 0. The highest BCUT2D eigenvalue weighted by Crippen LogP contribution is 2.28. The third-order valence-corrected chi connectivity index (χ3v) is 1.71. The van der Waals surface area contributed by atoms with Gasteiger partial charge in [0.1, 0.15) is 0 Å². The highest BCUT2D eigenvalue weighted by molar-refractivity contribution is 5.49. The zero-order chi connectivity index (χ0) is 5.40. The summed E-state index contributed by atoms with van der Waals surface area (Å²) in [6.45, 7) is 0. The zero-order valence-corrected chi connectivity index (χ0v) is 4.72. The lowest BCUT2D eigenvalue weighted by Gasteiger charge is -1.87. The standard InChI is InChI=1S/C8H8/c1-3-7-5-2-6-8(7)4-1/h1,3,5-6H,2,4H2. The molecule has 0 bridgehead atoms. The molecule has 0 aromatic rings. The average Bonchev–Trinajstić information content (AvgIpc) is 2.15. The lowest BCUT2D eigenvalue weighted by molar-refractivity contribution is 1.31. The van der Waals surface area contributed by atoms with Gasteiger partial charge in [0.2, 0.25) is 0 Å². The predicted octanol–water partition coefficient (Wildman–Crippen LogP) is 2.20. The van der Waals surface area contributed by atoms with Gasteiger partial charge >= 0.3 is 0 Å². The molecule has 8 heavy (non-hydrogen) atoms. The van der Waals surface area contributed by atoms with Crippen LogP contribution in [0, 0.1) is 0 Å². The molecule has 0 radical (unpaired) electrons. The normalized spacial score (nSPS) is 23.0. The van der Waals surface area contributed by atoms with Crippen molar-refractivity contribution in [1.82, 2.24) is 0 Å². The predicted molar refractivity (Wildman–Crippen MR) is 34.5 cm³/mol. The summed E-state index contributed by atoms with van der Waals surface area (Å²) in [5.41, 5.74) is 3.00. The van der Waals surface area contributed by atoms with E-state index < -0.39 is 0 Å². The molecule has 0 fully saturated rings. The van der Waals surface area contributed by atoms with E-state index in [2.05, 4.69) is 24.3 Å². The molecular weight excluding hydrogens is 96.1 g/mol. The van der Waals surface area contributed by atoms with E-state index in [-0.39, 0.29) is 0 Å². The van der Waals surface area contributed by atoms with Gasteiger partial charge in [-0.05, 0) is 24.0 Å². The Kier molecular flexibility index (Phi) is 0.696. The first-order chi connectivity index (χ1) is 3.97. The number of allylic oxidation sites excluding steroid dienone is 6. The van der Waals surface area contributed by atoms with Gasteiger partial charge in [0.15, 0.2) is 0 Å². The highest BCUT2D eigenvalue weighted by Gasteiger charge is 2.09. The first-order valence-electron chi connectivity index (χ1n) is 3.03. The van der Waals surface area contributed by atoms with Crippen molar-refractivity contribution in [3.8, 4) is 0 Å². The van der Waals surface area contributed by atoms with E-state index in [1.54, 1.807) is 0 Å². The Bertz CT molecular complexity index is 192. The van der Waals surface area contributed by atoms with E-state index in [4.69, 9.17) is 0 Å². The summed E-state index contributed by atoms with van der Waals surface area (Å²) in [7, 11) is 0. The average molecular weight is 104 g/mol. The summed E-state index contributed by atoms with van der Waals surface area (Å²) < 4.78 is 0. The molecule has 0 atom stereocenters. The highest BCUT2D eigenvalue weighted by atomic mass is 14.1. The maximum absolute atomic E-state index is 2.30. The Hall–Kier alpha value is -0.780. The Morgan fingerprint density at radius 1 is 1.25 bits per heavy atom. The topological polar surface area (TPSA) is 0 Å². The first-order valence-corrected chi connectivity index (χ1v) is 3.03. The molecule has 0 heterocycles. The van der Waals surface area contributed by atoms with Crippen LogP contribution in [0.25, 0.3) is 0 Å². The van der Waals surface area contributed by atoms with Gasteiger partial charge in [0, 0.05) is 0 Å². The van der Waals surface area contributed by atoms with Crippen LogP contribution in [-0.2, 0) is 0 Å². The van der Waals surface area contributed by atoms with Crippen molar-refractivity contribution < 1.29 is 0 Å². The van der Waals surface area contributed by atoms with Gasteiger partial charge in [-0.25, -0.2) is 0 Å². The van der Waals surface area contributed by atoms with Gasteiger partial charge in [-0.3, -0.25) is 0 Å². The van der Waals surface area contributed by atoms with Crippen LogP contribution in [-0.4, -0.2) is 0 Å². The van der Waals surface area contributed by atoms with Crippen molar-refractivity contribution in [2.75, 3.05) is 0 Å². The minimum atomic E-state index is 1.16. The smallest absolute Gasteiger partial charge is 0.00913 e. The minimum Gasteiger partial charge on any atom is -0.0795 e. The molecule has 0 spiro atoms. The van der Waals surface area contributed by atoms with Crippen molar-refractivity contribution in [3.63, 3.8) is 0 Å². The molecular formula is C8H8. The van der Waals surface area contributed by atoms with Gasteiger partial charge in [0.05, 0.1) is 0 Å². The molecule has 0 aliphatic heterocycles. The van der Waals surface area contributed by atoms with Crippen LogP contribution in [0.5, 0.6) is 0 Å². The molecule has 0 aromatic carbocycles. The second-order valence-corrected chi connectivity index (χ2v) is 2.23. The van der Waals surface area contributed by atoms with E-state index in [9.17, 15) is 0 Å². The van der Waals surface area contributed by atoms with Crippen LogP contribution >= 0.6 is 0 Å². The Morgan fingerprint density at radius 2 is 2.25 bits per heavy atom. The van der Waals surface area contributed by atoms with Gasteiger partial charge < -0.3 is 0 Å². The van der Waals surface area contributed by atoms with E-state index in [1.807, 2.05) is 0 Å².